The van der Waals surface area contributed by atoms with Crippen molar-refractivity contribution in [1.82, 2.24) is 5.32 Å². The molecule has 1 nitrogen and oxygen atoms in total. The first-order valence-corrected chi connectivity index (χ1v) is 6.71. The molecule has 15 heavy (non-hydrogen) atoms. The van der Waals surface area contributed by atoms with E-state index in [1.807, 2.05) is 11.3 Å². The van der Waals surface area contributed by atoms with Gasteiger partial charge in [-0.15, -0.1) is 11.3 Å². The maximum atomic E-state index is 3.64. The fraction of sp³-hybridized carbons (Fsp3) is 0.692. The highest BCUT2D eigenvalue weighted by molar-refractivity contribution is 7.10. The van der Waals surface area contributed by atoms with Crippen LogP contribution in [-0.4, -0.2) is 6.54 Å². The second-order valence-electron chi connectivity index (χ2n) is 5.33. The third-order valence-corrected chi connectivity index (χ3v) is 4.41. The quantitative estimate of drug-likeness (QED) is 0.819. The van der Waals surface area contributed by atoms with Gasteiger partial charge in [-0.2, -0.15) is 0 Å². The van der Waals surface area contributed by atoms with Crippen molar-refractivity contribution >= 4 is 11.3 Å². The van der Waals surface area contributed by atoms with Gasteiger partial charge in [0.1, 0.15) is 0 Å². The van der Waals surface area contributed by atoms with E-state index in [2.05, 4.69) is 44.5 Å². The molecule has 84 valence electrons. The Morgan fingerprint density at radius 1 is 1.60 bits per heavy atom. The molecular formula is C13H21NS. The number of rotatable bonds is 4. The lowest BCUT2D eigenvalue weighted by Crippen LogP contribution is -2.23. The Morgan fingerprint density at radius 2 is 2.27 bits per heavy atom. The number of hydrogen-bond donors (Lipinski definition) is 1. The summed E-state index contributed by atoms with van der Waals surface area (Å²) in [5, 5.41) is 5.95. The van der Waals surface area contributed by atoms with E-state index >= 15 is 0 Å². The van der Waals surface area contributed by atoms with E-state index in [4.69, 9.17) is 0 Å². The second kappa shape index (κ2) is 3.91. The molecule has 2 heteroatoms. The predicted molar refractivity (Wildman–Crippen MR) is 67.4 cm³/mol. The molecule has 1 aliphatic carbocycles. The summed E-state index contributed by atoms with van der Waals surface area (Å²) < 4.78 is 0. The SMILES string of the molecule is CCNC(c1csc(C)c1)C1CC1(C)C. The molecule has 2 atom stereocenters. The summed E-state index contributed by atoms with van der Waals surface area (Å²) in [4.78, 5) is 1.42. The molecule has 0 bridgehead atoms. The standard InChI is InChI=1S/C13H21NS/c1-5-14-12(11-7-13(11,3)4)10-6-9(2)15-8-10/h6,8,11-12,14H,5,7H2,1-4H3. The van der Waals surface area contributed by atoms with Crippen LogP contribution in [0.3, 0.4) is 0 Å². The van der Waals surface area contributed by atoms with E-state index in [0.29, 0.717) is 11.5 Å². The molecule has 0 saturated heterocycles. The summed E-state index contributed by atoms with van der Waals surface area (Å²) in [5.74, 6) is 0.825. The van der Waals surface area contributed by atoms with Crippen molar-refractivity contribution in [2.24, 2.45) is 11.3 Å². The Bertz CT molecular complexity index is 340. The fourth-order valence-corrected chi connectivity index (χ4v) is 3.16. The minimum atomic E-state index is 0.544. The zero-order valence-corrected chi connectivity index (χ0v) is 10.9. The van der Waals surface area contributed by atoms with Crippen molar-refractivity contribution in [2.75, 3.05) is 6.54 Å². The van der Waals surface area contributed by atoms with Crippen molar-refractivity contribution in [3.05, 3.63) is 21.9 Å². The van der Waals surface area contributed by atoms with Gasteiger partial charge >= 0.3 is 0 Å². The monoisotopic (exact) mass is 223 g/mol. The summed E-state index contributed by atoms with van der Waals surface area (Å²) in [6.45, 7) is 10.2. The Hall–Kier alpha value is -0.340. The van der Waals surface area contributed by atoms with Crippen LogP contribution in [0.5, 0.6) is 0 Å². The maximum absolute atomic E-state index is 3.64. The largest absolute Gasteiger partial charge is 0.310 e. The van der Waals surface area contributed by atoms with E-state index in [1.54, 1.807) is 0 Å². The van der Waals surface area contributed by atoms with Crippen LogP contribution in [0.25, 0.3) is 0 Å². The average molecular weight is 223 g/mol. The molecule has 2 rings (SSSR count). The molecule has 1 N–H and O–H groups in total. The van der Waals surface area contributed by atoms with Gasteiger partial charge in [-0.25, -0.2) is 0 Å². The van der Waals surface area contributed by atoms with E-state index in [1.165, 1.54) is 16.9 Å². The zero-order chi connectivity index (χ0) is 11.1. The topological polar surface area (TPSA) is 12.0 Å². The predicted octanol–water partition coefficient (Wildman–Crippen LogP) is 3.75. The van der Waals surface area contributed by atoms with Crippen molar-refractivity contribution in [3.63, 3.8) is 0 Å². The molecular weight excluding hydrogens is 202 g/mol. The molecule has 0 spiro atoms. The molecule has 1 aliphatic rings. The van der Waals surface area contributed by atoms with Crippen LogP contribution in [-0.2, 0) is 0 Å². The Labute approximate surface area is 96.9 Å². The van der Waals surface area contributed by atoms with Crippen LogP contribution in [0, 0.1) is 18.3 Å². The van der Waals surface area contributed by atoms with Crippen LogP contribution in [0.4, 0.5) is 0 Å². The molecule has 0 aromatic carbocycles. The molecule has 2 unspecified atom stereocenters. The highest BCUT2D eigenvalue weighted by Gasteiger charge is 2.50. The lowest BCUT2D eigenvalue weighted by molar-refractivity contribution is 0.424. The summed E-state index contributed by atoms with van der Waals surface area (Å²) in [6.07, 6.45) is 1.36. The van der Waals surface area contributed by atoms with Crippen molar-refractivity contribution in [2.45, 2.75) is 40.2 Å². The smallest absolute Gasteiger partial charge is 0.0362 e. The van der Waals surface area contributed by atoms with Gasteiger partial charge in [0.15, 0.2) is 0 Å². The highest BCUT2D eigenvalue weighted by atomic mass is 32.1. The first-order valence-electron chi connectivity index (χ1n) is 5.83. The molecule has 0 radical (unpaired) electrons. The van der Waals surface area contributed by atoms with Crippen LogP contribution < -0.4 is 5.32 Å². The Balaban J connectivity index is 2.14. The Kier molecular flexibility index (Phi) is 2.91. The van der Waals surface area contributed by atoms with Crippen LogP contribution in [0.2, 0.25) is 0 Å². The van der Waals surface area contributed by atoms with Gasteiger partial charge in [0.2, 0.25) is 0 Å². The van der Waals surface area contributed by atoms with Crippen molar-refractivity contribution in [1.29, 1.82) is 0 Å². The second-order valence-corrected chi connectivity index (χ2v) is 6.44. The van der Waals surface area contributed by atoms with Crippen LogP contribution in [0.1, 0.15) is 43.7 Å². The normalized spacial score (nSPS) is 25.2. The van der Waals surface area contributed by atoms with Gasteiger partial charge in [0.25, 0.3) is 0 Å². The summed E-state index contributed by atoms with van der Waals surface area (Å²) in [6, 6.07) is 2.92. The highest BCUT2D eigenvalue weighted by Crippen LogP contribution is 2.57. The minimum absolute atomic E-state index is 0.544. The average Bonchev–Trinajstić information content (AvgIpc) is 2.59. The van der Waals surface area contributed by atoms with Gasteiger partial charge in [0.05, 0.1) is 0 Å². The molecule has 1 heterocycles. The van der Waals surface area contributed by atoms with Gasteiger partial charge < -0.3 is 5.32 Å². The molecule has 0 aliphatic heterocycles. The molecule has 1 aromatic heterocycles. The summed E-state index contributed by atoms with van der Waals surface area (Å²) in [5.41, 5.74) is 2.04. The van der Waals surface area contributed by atoms with E-state index in [0.717, 1.165) is 12.5 Å². The lowest BCUT2D eigenvalue weighted by Gasteiger charge is -2.18. The van der Waals surface area contributed by atoms with Crippen LogP contribution in [0.15, 0.2) is 11.4 Å². The molecule has 1 aromatic rings. The molecule has 0 amide bonds. The van der Waals surface area contributed by atoms with E-state index < -0.39 is 0 Å². The lowest BCUT2D eigenvalue weighted by atomic mass is 9.99. The molecule has 1 saturated carbocycles. The van der Waals surface area contributed by atoms with Gasteiger partial charge in [-0.05, 0) is 48.2 Å². The number of hydrogen-bond acceptors (Lipinski definition) is 2. The number of thiophene rings is 1. The third kappa shape index (κ3) is 2.26. The van der Waals surface area contributed by atoms with Gasteiger partial charge in [-0.1, -0.05) is 20.8 Å². The van der Waals surface area contributed by atoms with Crippen molar-refractivity contribution < 1.29 is 0 Å². The number of aryl methyl sites for hydroxylation is 1. The maximum Gasteiger partial charge on any atom is 0.0362 e. The van der Waals surface area contributed by atoms with Gasteiger partial charge in [0, 0.05) is 10.9 Å². The first-order chi connectivity index (χ1) is 7.04. The summed E-state index contributed by atoms with van der Waals surface area (Å²) in [7, 11) is 0. The zero-order valence-electron chi connectivity index (χ0n) is 10.1. The van der Waals surface area contributed by atoms with Gasteiger partial charge in [-0.3, -0.25) is 0 Å². The first kappa shape index (κ1) is 11.2. The Morgan fingerprint density at radius 3 is 2.67 bits per heavy atom. The van der Waals surface area contributed by atoms with E-state index in [-0.39, 0.29) is 0 Å². The minimum Gasteiger partial charge on any atom is -0.310 e. The van der Waals surface area contributed by atoms with Crippen molar-refractivity contribution in [3.8, 4) is 0 Å². The molecule has 1 fully saturated rings. The van der Waals surface area contributed by atoms with E-state index in [9.17, 15) is 0 Å². The number of nitrogens with one attached hydrogen (secondary N) is 1. The summed E-state index contributed by atoms with van der Waals surface area (Å²) >= 11 is 1.86. The van der Waals surface area contributed by atoms with Crippen LogP contribution >= 0.6 is 11.3 Å². The fourth-order valence-electron chi connectivity index (χ4n) is 2.42. The third-order valence-electron chi connectivity index (χ3n) is 3.53.